The van der Waals surface area contributed by atoms with E-state index in [-0.39, 0.29) is 11.6 Å². The Morgan fingerprint density at radius 1 is 1.40 bits per heavy atom. The first kappa shape index (κ1) is 15.3. The average molecular weight is 282 g/mol. The lowest BCUT2D eigenvalue weighted by atomic mass is 9.78. The van der Waals surface area contributed by atoms with Gasteiger partial charge in [-0.1, -0.05) is 6.07 Å². The highest BCUT2D eigenvalue weighted by Crippen LogP contribution is 2.34. The van der Waals surface area contributed by atoms with Gasteiger partial charge in [0.15, 0.2) is 11.6 Å². The van der Waals surface area contributed by atoms with Crippen LogP contribution in [0.2, 0.25) is 0 Å². The number of hydrogen-bond acceptors (Lipinski definition) is 3. The minimum absolute atomic E-state index is 0.238. The number of benzene rings is 1. The third kappa shape index (κ3) is 3.93. The Bertz CT molecular complexity index is 430. The zero-order valence-corrected chi connectivity index (χ0v) is 12.1. The molecule has 0 aromatic heterocycles. The molecule has 1 aromatic rings. The highest BCUT2D eigenvalue weighted by Gasteiger charge is 2.30. The number of aliphatic hydroxyl groups is 1. The van der Waals surface area contributed by atoms with Gasteiger partial charge in [-0.3, -0.25) is 0 Å². The van der Waals surface area contributed by atoms with E-state index >= 15 is 0 Å². The lowest BCUT2D eigenvalue weighted by Gasteiger charge is -2.36. The molecule has 1 fully saturated rings. The predicted molar refractivity (Wildman–Crippen MR) is 75.4 cm³/mol. The normalized spacial score (nSPS) is 23.2. The lowest BCUT2D eigenvalue weighted by Crippen LogP contribution is -2.34. The summed E-state index contributed by atoms with van der Waals surface area (Å²) in [5.74, 6) is 0.392. The summed E-state index contributed by atoms with van der Waals surface area (Å²) < 4.78 is 23.9. The van der Waals surface area contributed by atoms with E-state index in [9.17, 15) is 9.50 Å². The summed E-state index contributed by atoms with van der Waals surface area (Å²) >= 11 is 0. The van der Waals surface area contributed by atoms with Gasteiger partial charge in [0.25, 0.3) is 0 Å². The smallest absolute Gasteiger partial charge is 0.165 e. The van der Waals surface area contributed by atoms with Crippen molar-refractivity contribution in [1.29, 1.82) is 0 Å². The average Bonchev–Trinajstić information content (AvgIpc) is 2.36. The topological polar surface area (TPSA) is 38.7 Å². The van der Waals surface area contributed by atoms with Crippen LogP contribution in [0.3, 0.4) is 0 Å². The minimum Gasteiger partial charge on any atom is -0.494 e. The zero-order chi connectivity index (χ0) is 14.5. The number of hydrogen-bond donors (Lipinski definition) is 1. The molecule has 0 spiro atoms. The number of ether oxygens (including phenoxy) is 2. The van der Waals surface area contributed by atoms with E-state index in [2.05, 4.69) is 0 Å². The van der Waals surface area contributed by atoms with Crippen molar-refractivity contribution in [3.8, 4) is 5.75 Å². The van der Waals surface area contributed by atoms with Crippen LogP contribution in [0.1, 0.15) is 31.7 Å². The second-order valence-electron chi connectivity index (χ2n) is 5.48. The van der Waals surface area contributed by atoms with Crippen molar-refractivity contribution in [1.82, 2.24) is 0 Å². The van der Waals surface area contributed by atoms with Gasteiger partial charge in [-0.15, -0.1) is 0 Å². The van der Waals surface area contributed by atoms with Crippen LogP contribution in [0, 0.1) is 11.7 Å². The van der Waals surface area contributed by atoms with Crippen LogP contribution in [0.25, 0.3) is 0 Å². The quantitative estimate of drug-likeness (QED) is 0.835. The second-order valence-corrected chi connectivity index (χ2v) is 5.48. The van der Waals surface area contributed by atoms with E-state index in [1.165, 1.54) is 13.2 Å². The van der Waals surface area contributed by atoms with Crippen LogP contribution in [0.4, 0.5) is 4.39 Å². The van der Waals surface area contributed by atoms with Crippen LogP contribution in [-0.4, -0.2) is 31.0 Å². The van der Waals surface area contributed by atoms with Crippen molar-refractivity contribution >= 4 is 0 Å². The zero-order valence-electron chi connectivity index (χ0n) is 12.1. The van der Waals surface area contributed by atoms with E-state index in [0.717, 1.165) is 31.4 Å². The first-order chi connectivity index (χ1) is 9.62. The molecule has 3 nitrogen and oxygen atoms in total. The Kier molecular flexibility index (Phi) is 5.38. The number of rotatable bonds is 7. The largest absolute Gasteiger partial charge is 0.494 e. The minimum atomic E-state index is -0.421. The first-order valence-electron chi connectivity index (χ1n) is 7.24. The molecule has 112 valence electrons. The van der Waals surface area contributed by atoms with Crippen LogP contribution in [0.5, 0.6) is 5.75 Å². The van der Waals surface area contributed by atoms with Gasteiger partial charge < -0.3 is 14.6 Å². The van der Waals surface area contributed by atoms with Crippen molar-refractivity contribution in [2.45, 2.75) is 44.8 Å². The summed E-state index contributed by atoms with van der Waals surface area (Å²) in [7, 11) is 1.44. The van der Waals surface area contributed by atoms with E-state index < -0.39 is 6.10 Å². The van der Waals surface area contributed by atoms with E-state index in [0.29, 0.717) is 18.4 Å². The van der Waals surface area contributed by atoms with Gasteiger partial charge in [-0.25, -0.2) is 4.39 Å². The van der Waals surface area contributed by atoms with Gasteiger partial charge in [0.1, 0.15) is 0 Å². The third-order valence-corrected chi connectivity index (χ3v) is 3.89. The maximum atomic E-state index is 13.6. The SMILES string of the molecule is CCOC1CC(CC(O)Cc2ccc(OC)c(F)c2)C1. The second kappa shape index (κ2) is 7.04. The van der Waals surface area contributed by atoms with E-state index in [1.807, 2.05) is 6.92 Å². The summed E-state index contributed by atoms with van der Waals surface area (Å²) in [6, 6.07) is 4.84. The van der Waals surface area contributed by atoms with Crippen molar-refractivity contribution in [3.63, 3.8) is 0 Å². The molecule has 0 saturated heterocycles. The Morgan fingerprint density at radius 3 is 2.75 bits per heavy atom. The molecule has 0 radical (unpaired) electrons. The van der Waals surface area contributed by atoms with Gasteiger partial charge >= 0.3 is 0 Å². The molecule has 1 aliphatic rings. The first-order valence-corrected chi connectivity index (χ1v) is 7.24. The molecule has 1 aliphatic carbocycles. The Hall–Kier alpha value is -1.13. The number of methoxy groups -OCH3 is 1. The van der Waals surface area contributed by atoms with Gasteiger partial charge in [0.05, 0.1) is 19.3 Å². The Morgan fingerprint density at radius 2 is 2.15 bits per heavy atom. The number of aliphatic hydroxyl groups excluding tert-OH is 1. The van der Waals surface area contributed by atoms with Crippen molar-refractivity contribution in [2.24, 2.45) is 5.92 Å². The molecular formula is C16H23FO3. The summed E-state index contributed by atoms with van der Waals surface area (Å²) in [6.45, 7) is 2.76. The fraction of sp³-hybridized carbons (Fsp3) is 0.625. The lowest BCUT2D eigenvalue weighted by molar-refractivity contribution is -0.0375. The summed E-state index contributed by atoms with van der Waals surface area (Å²) in [4.78, 5) is 0. The summed E-state index contributed by atoms with van der Waals surface area (Å²) in [5, 5.41) is 10.1. The monoisotopic (exact) mass is 282 g/mol. The molecular weight excluding hydrogens is 259 g/mol. The fourth-order valence-electron chi connectivity index (χ4n) is 2.82. The highest BCUT2D eigenvalue weighted by molar-refractivity contribution is 5.29. The highest BCUT2D eigenvalue weighted by atomic mass is 19.1. The van der Waals surface area contributed by atoms with Crippen LogP contribution >= 0.6 is 0 Å². The summed E-state index contributed by atoms with van der Waals surface area (Å²) in [6.07, 6.45) is 3.25. The molecule has 0 aliphatic heterocycles. The molecule has 1 atom stereocenters. The molecule has 0 heterocycles. The molecule has 1 unspecified atom stereocenters. The van der Waals surface area contributed by atoms with Crippen LogP contribution in [0.15, 0.2) is 18.2 Å². The van der Waals surface area contributed by atoms with E-state index in [1.54, 1.807) is 12.1 Å². The third-order valence-electron chi connectivity index (χ3n) is 3.89. The van der Waals surface area contributed by atoms with Crippen molar-refractivity contribution < 1.29 is 19.0 Å². The molecule has 1 aromatic carbocycles. The molecule has 4 heteroatoms. The van der Waals surface area contributed by atoms with Crippen molar-refractivity contribution in [3.05, 3.63) is 29.6 Å². The van der Waals surface area contributed by atoms with E-state index in [4.69, 9.17) is 9.47 Å². The van der Waals surface area contributed by atoms with Crippen LogP contribution < -0.4 is 4.74 Å². The van der Waals surface area contributed by atoms with Crippen LogP contribution in [-0.2, 0) is 11.2 Å². The maximum Gasteiger partial charge on any atom is 0.165 e. The number of halogens is 1. The molecule has 0 amide bonds. The maximum absolute atomic E-state index is 13.6. The predicted octanol–water partition coefficient (Wildman–Crippen LogP) is 2.94. The molecule has 20 heavy (non-hydrogen) atoms. The van der Waals surface area contributed by atoms with Gasteiger partial charge in [0.2, 0.25) is 0 Å². The molecule has 0 bridgehead atoms. The standard InChI is InChI=1S/C16H23FO3/c1-3-20-14-8-12(9-14)7-13(18)6-11-4-5-16(19-2)15(17)10-11/h4-5,10,12-14,18H,3,6-9H2,1-2H3. The van der Waals surface area contributed by atoms with Crippen molar-refractivity contribution in [2.75, 3.05) is 13.7 Å². The Labute approximate surface area is 119 Å². The molecule has 1 saturated carbocycles. The van der Waals surface area contributed by atoms with Gasteiger partial charge in [0, 0.05) is 6.61 Å². The van der Waals surface area contributed by atoms with Gasteiger partial charge in [-0.05, 0) is 56.2 Å². The molecule has 2 rings (SSSR count). The Balaban J connectivity index is 1.77. The summed E-state index contributed by atoms with van der Waals surface area (Å²) in [5.41, 5.74) is 0.802. The fourth-order valence-corrected chi connectivity index (χ4v) is 2.82. The van der Waals surface area contributed by atoms with Gasteiger partial charge in [-0.2, -0.15) is 0 Å². The molecule has 1 N–H and O–H groups in total.